The number of hydrogen-bond donors (Lipinski definition) is 0. The minimum Gasteiger partial charge on any atom is -0.343 e. The molecule has 0 saturated heterocycles. The fourth-order valence-electron chi connectivity index (χ4n) is 0.382. The van der Waals surface area contributed by atoms with Gasteiger partial charge in [0.1, 0.15) is 0 Å². The van der Waals surface area contributed by atoms with E-state index in [1.54, 1.807) is 11.9 Å². The molecule has 0 spiro atoms. The van der Waals surface area contributed by atoms with E-state index in [2.05, 4.69) is 15.9 Å². The lowest BCUT2D eigenvalue weighted by Gasteiger charge is -2.19. The molecule has 0 radical (unpaired) electrons. The molecule has 2 nitrogen and oxygen atoms in total. The molecule has 0 aliphatic carbocycles. The first-order valence-corrected chi connectivity index (χ1v) is 4.03. The molecule has 3 heteroatoms. The Kier molecular flexibility index (Phi) is 3.86. The molecule has 0 bridgehead atoms. The standard InChI is InChI=1S/C6H12BrNO/c1-5(2)8(3)6(9)4-7/h5H,4H2,1-3H3. The smallest absolute Gasteiger partial charge is 0.233 e. The Hall–Kier alpha value is -0.0500. The van der Waals surface area contributed by atoms with Crippen molar-refractivity contribution in [2.75, 3.05) is 12.4 Å². The Morgan fingerprint density at radius 3 is 2.22 bits per heavy atom. The van der Waals surface area contributed by atoms with Gasteiger partial charge >= 0.3 is 0 Å². The fourth-order valence-corrected chi connectivity index (χ4v) is 0.778. The largest absolute Gasteiger partial charge is 0.343 e. The van der Waals surface area contributed by atoms with Crippen LogP contribution in [-0.4, -0.2) is 29.2 Å². The average Bonchev–Trinajstić information content (AvgIpc) is 1.84. The predicted molar refractivity (Wildman–Crippen MR) is 41.7 cm³/mol. The van der Waals surface area contributed by atoms with Crippen molar-refractivity contribution in [2.45, 2.75) is 19.9 Å². The van der Waals surface area contributed by atoms with Gasteiger partial charge in [-0.2, -0.15) is 0 Å². The molecule has 0 saturated carbocycles. The summed E-state index contributed by atoms with van der Waals surface area (Å²) in [6.07, 6.45) is 0. The summed E-state index contributed by atoms with van der Waals surface area (Å²) in [5.74, 6) is 0.130. The summed E-state index contributed by atoms with van der Waals surface area (Å²) >= 11 is 3.09. The van der Waals surface area contributed by atoms with Gasteiger partial charge in [0.05, 0.1) is 5.33 Å². The van der Waals surface area contributed by atoms with Crippen LogP contribution in [0.1, 0.15) is 13.8 Å². The second-order valence-electron chi connectivity index (χ2n) is 2.23. The summed E-state index contributed by atoms with van der Waals surface area (Å²) in [5, 5.41) is 0.418. The molecule has 0 fully saturated rings. The van der Waals surface area contributed by atoms with E-state index in [0.29, 0.717) is 11.4 Å². The minimum absolute atomic E-state index is 0.130. The van der Waals surface area contributed by atoms with Crippen LogP contribution in [0.3, 0.4) is 0 Å². The maximum Gasteiger partial charge on any atom is 0.233 e. The monoisotopic (exact) mass is 193 g/mol. The Morgan fingerprint density at radius 1 is 1.67 bits per heavy atom. The van der Waals surface area contributed by atoms with Crippen molar-refractivity contribution < 1.29 is 4.79 Å². The van der Waals surface area contributed by atoms with Crippen molar-refractivity contribution in [3.8, 4) is 0 Å². The molecule has 0 aromatic carbocycles. The first-order chi connectivity index (χ1) is 4.09. The maximum absolute atomic E-state index is 10.8. The van der Waals surface area contributed by atoms with Crippen LogP contribution in [0.25, 0.3) is 0 Å². The molecule has 1 amide bonds. The molecule has 0 aromatic heterocycles. The zero-order chi connectivity index (χ0) is 7.44. The van der Waals surface area contributed by atoms with Crippen molar-refractivity contribution in [3.05, 3.63) is 0 Å². The molecule has 0 aliphatic heterocycles. The molecule has 0 aliphatic rings. The summed E-state index contributed by atoms with van der Waals surface area (Å²) in [6, 6.07) is 0.301. The van der Waals surface area contributed by atoms with Gasteiger partial charge in [-0.05, 0) is 13.8 Å². The zero-order valence-corrected chi connectivity index (χ0v) is 7.60. The van der Waals surface area contributed by atoms with Crippen LogP contribution in [0.15, 0.2) is 0 Å². The molecule has 0 rings (SSSR count). The van der Waals surface area contributed by atoms with Crippen LogP contribution in [-0.2, 0) is 4.79 Å². The van der Waals surface area contributed by atoms with Crippen molar-refractivity contribution in [1.29, 1.82) is 0 Å². The molecule has 0 atom stereocenters. The highest BCUT2D eigenvalue weighted by Crippen LogP contribution is 1.95. The summed E-state index contributed by atoms with van der Waals surface area (Å²) in [5.41, 5.74) is 0. The van der Waals surface area contributed by atoms with Crippen LogP contribution in [0, 0.1) is 0 Å². The first kappa shape index (κ1) is 8.95. The van der Waals surface area contributed by atoms with Crippen LogP contribution >= 0.6 is 15.9 Å². The van der Waals surface area contributed by atoms with Crippen LogP contribution < -0.4 is 0 Å². The topological polar surface area (TPSA) is 20.3 Å². The van der Waals surface area contributed by atoms with Crippen LogP contribution in [0.2, 0.25) is 0 Å². The van der Waals surface area contributed by atoms with E-state index >= 15 is 0 Å². The van der Waals surface area contributed by atoms with E-state index in [9.17, 15) is 4.79 Å². The van der Waals surface area contributed by atoms with Gasteiger partial charge in [-0.15, -0.1) is 0 Å². The zero-order valence-electron chi connectivity index (χ0n) is 6.02. The molecular weight excluding hydrogens is 182 g/mol. The predicted octanol–water partition coefficient (Wildman–Crippen LogP) is 1.25. The third kappa shape index (κ3) is 2.84. The Labute approximate surface area is 64.4 Å². The van der Waals surface area contributed by atoms with Gasteiger partial charge in [0, 0.05) is 13.1 Å². The molecular formula is C6H12BrNO. The number of nitrogens with zero attached hydrogens (tertiary/aromatic N) is 1. The number of rotatable bonds is 2. The van der Waals surface area contributed by atoms with Crippen molar-refractivity contribution in [1.82, 2.24) is 4.90 Å². The Balaban J connectivity index is 3.72. The lowest BCUT2D eigenvalue weighted by Crippen LogP contribution is -2.33. The van der Waals surface area contributed by atoms with E-state index < -0.39 is 0 Å². The molecule has 0 unspecified atom stereocenters. The lowest BCUT2D eigenvalue weighted by molar-refractivity contribution is -0.128. The average molecular weight is 194 g/mol. The number of carbonyl (C=O) groups excluding carboxylic acids is 1. The summed E-state index contributed by atoms with van der Waals surface area (Å²) in [6.45, 7) is 3.97. The molecule has 0 N–H and O–H groups in total. The Bertz CT molecular complexity index is 103. The number of amides is 1. The summed E-state index contributed by atoms with van der Waals surface area (Å²) in [4.78, 5) is 12.5. The minimum atomic E-state index is 0.130. The number of halogens is 1. The van der Waals surface area contributed by atoms with Crippen LogP contribution in [0.4, 0.5) is 0 Å². The lowest BCUT2D eigenvalue weighted by atomic mass is 10.3. The molecule has 54 valence electrons. The van der Waals surface area contributed by atoms with Gasteiger partial charge in [0.25, 0.3) is 0 Å². The maximum atomic E-state index is 10.8. The van der Waals surface area contributed by atoms with E-state index in [1.165, 1.54) is 0 Å². The van der Waals surface area contributed by atoms with E-state index in [-0.39, 0.29) is 5.91 Å². The summed E-state index contributed by atoms with van der Waals surface area (Å²) in [7, 11) is 1.80. The fraction of sp³-hybridized carbons (Fsp3) is 0.833. The van der Waals surface area contributed by atoms with Crippen molar-refractivity contribution in [3.63, 3.8) is 0 Å². The van der Waals surface area contributed by atoms with Gasteiger partial charge in [-0.1, -0.05) is 15.9 Å². The SMILES string of the molecule is CC(C)N(C)C(=O)CBr. The first-order valence-electron chi connectivity index (χ1n) is 2.91. The quantitative estimate of drug-likeness (QED) is 0.605. The van der Waals surface area contributed by atoms with E-state index in [4.69, 9.17) is 0 Å². The Morgan fingerprint density at radius 2 is 2.11 bits per heavy atom. The van der Waals surface area contributed by atoms with Gasteiger partial charge < -0.3 is 4.90 Å². The van der Waals surface area contributed by atoms with E-state index in [1.807, 2.05) is 13.8 Å². The van der Waals surface area contributed by atoms with Gasteiger partial charge in [0.15, 0.2) is 0 Å². The van der Waals surface area contributed by atoms with Crippen molar-refractivity contribution in [2.24, 2.45) is 0 Å². The van der Waals surface area contributed by atoms with Gasteiger partial charge in [-0.3, -0.25) is 4.79 Å². The third-order valence-corrected chi connectivity index (χ3v) is 1.76. The third-order valence-electron chi connectivity index (χ3n) is 1.28. The summed E-state index contributed by atoms with van der Waals surface area (Å²) < 4.78 is 0. The highest BCUT2D eigenvalue weighted by Gasteiger charge is 2.08. The second kappa shape index (κ2) is 3.88. The highest BCUT2D eigenvalue weighted by molar-refractivity contribution is 9.09. The molecule has 9 heavy (non-hydrogen) atoms. The van der Waals surface area contributed by atoms with Crippen molar-refractivity contribution >= 4 is 21.8 Å². The number of hydrogen-bond acceptors (Lipinski definition) is 1. The molecule has 0 heterocycles. The highest BCUT2D eigenvalue weighted by atomic mass is 79.9. The number of alkyl halides is 1. The van der Waals surface area contributed by atoms with Crippen LogP contribution in [0.5, 0.6) is 0 Å². The second-order valence-corrected chi connectivity index (χ2v) is 2.79. The number of carbonyl (C=O) groups is 1. The van der Waals surface area contributed by atoms with Gasteiger partial charge in [0.2, 0.25) is 5.91 Å². The normalized spacial score (nSPS) is 9.89. The molecule has 0 aromatic rings. The van der Waals surface area contributed by atoms with E-state index in [0.717, 1.165) is 0 Å². The van der Waals surface area contributed by atoms with Gasteiger partial charge in [-0.25, -0.2) is 0 Å².